The third-order valence-electron chi connectivity index (χ3n) is 3.36. The average molecular weight is 308 g/mol. The molecule has 0 saturated carbocycles. The van der Waals surface area contributed by atoms with E-state index in [0.717, 1.165) is 12.8 Å². The fourth-order valence-electron chi connectivity index (χ4n) is 2.10. The van der Waals surface area contributed by atoms with E-state index in [9.17, 15) is 14.0 Å². The largest absolute Gasteiger partial charge is 0.354 e. The highest BCUT2D eigenvalue weighted by Crippen LogP contribution is 2.06. The topological polar surface area (TPSA) is 58.2 Å². The molecule has 0 unspecified atom stereocenters. The Bertz CT molecular complexity index is 477. The highest BCUT2D eigenvalue weighted by atomic mass is 19.1. The summed E-state index contributed by atoms with van der Waals surface area (Å²) in [5, 5.41) is 5.33. The smallest absolute Gasteiger partial charge is 0.254 e. The van der Waals surface area contributed by atoms with Crippen LogP contribution in [0.2, 0.25) is 0 Å². The predicted molar refractivity (Wildman–Crippen MR) is 85.1 cm³/mol. The van der Waals surface area contributed by atoms with Crippen LogP contribution in [0.25, 0.3) is 0 Å². The van der Waals surface area contributed by atoms with Gasteiger partial charge >= 0.3 is 0 Å². The van der Waals surface area contributed by atoms with E-state index in [0.29, 0.717) is 13.0 Å². The minimum absolute atomic E-state index is 0.00311. The molecule has 1 rings (SSSR count). The minimum Gasteiger partial charge on any atom is -0.354 e. The van der Waals surface area contributed by atoms with Crippen LogP contribution in [0.1, 0.15) is 55.8 Å². The standard InChI is InChI=1S/C17H25FN2O2/c1-2-3-4-5-6-11-16(21)19-12-13-20-17(22)14-9-7-8-10-15(14)18/h7-10H,2-6,11-13H2,1H3,(H,19,21)(H,20,22). The van der Waals surface area contributed by atoms with Crippen molar-refractivity contribution < 1.29 is 14.0 Å². The number of halogens is 1. The number of nitrogens with one attached hydrogen (secondary N) is 2. The van der Waals surface area contributed by atoms with E-state index < -0.39 is 11.7 Å². The summed E-state index contributed by atoms with van der Waals surface area (Å²) < 4.78 is 13.4. The second kappa shape index (κ2) is 10.8. The van der Waals surface area contributed by atoms with Gasteiger partial charge in [-0.2, -0.15) is 0 Å². The van der Waals surface area contributed by atoms with Crippen LogP contribution < -0.4 is 10.6 Å². The molecule has 0 fully saturated rings. The molecule has 5 heteroatoms. The summed E-state index contributed by atoms with van der Waals surface area (Å²) in [5.74, 6) is -1.01. The van der Waals surface area contributed by atoms with Crippen LogP contribution in [0.4, 0.5) is 4.39 Å². The van der Waals surface area contributed by atoms with E-state index >= 15 is 0 Å². The third kappa shape index (κ3) is 7.20. The maximum atomic E-state index is 13.4. The summed E-state index contributed by atoms with van der Waals surface area (Å²) in [6.45, 7) is 2.80. The van der Waals surface area contributed by atoms with Crippen molar-refractivity contribution in [1.82, 2.24) is 10.6 Å². The van der Waals surface area contributed by atoms with E-state index in [4.69, 9.17) is 0 Å². The molecule has 22 heavy (non-hydrogen) atoms. The number of carbonyl (C=O) groups is 2. The van der Waals surface area contributed by atoms with Gasteiger partial charge in [0.2, 0.25) is 5.91 Å². The Hall–Kier alpha value is -1.91. The SMILES string of the molecule is CCCCCCCC(=O)NCCNC(=O)c1ccccc1F. The highest BCUT2D eigenvalue weighted by molar-refractivity contribution is 5.94. The minimum atomic E-state index is -0.545. The molecule has 0 atom stereocenters. The van der Waals surface area contributed by atoms with Gasteiger partial charge < -0.3 is 10.6 Å². The Balaban J connectivity index is 2.11. The zero-order valence-electron chi connectivity index (χ0n) is 13.2. The van der Waals surface area contributed by atoms with Crippen molar-refractivity contribution in [2.24, 2.45) is 0 Å². The summed E-state index contributed by atoms with van der Waals surface area (Å²) in [7, 11) is 0. The number of amides is 2. The lowest BCUT2D eigenvalue weighted by Gasteiger charge is -2.07. The number of benzene rings is 1. The van der Waals surface area contributed by atoms with Crippen LogP contribution in [-0.4, -0.2) is 24.9 Å². The monoisotopic (exact) mass is 308 g/mol. The van der Waals surface area contributed by atoms with Crippen molar-refractivity contribution in [2.75, 3.05) is 13.1 Å². The van der Waals surface area contributed by atoms with E-state index in [1.807, 2.05) is 0 Å². The van der Waals surface area contributed by atoms with Gasteiger partial charge in [-0.3, -0.25) is 9.59 Å². The van der Waals surface area contributed by atoms with E-state index in [1.165, 1.54) is 37.5 Å². The predicted octanol–water partition coefficient (Wildman–Crippen LogP) is 3.03. The molecule has 0 aliphatic carbocycles. The molecular weight excluding hydrogens is 283 g/mol. The fourth-order valence-corrected chi connectivity index (χ4v) is 2.10. The average Bonchev–Trinajstić information content (AvgIpc) is 2.51. The van der Waals surface area contributed by atoms with Crippen LogP contribution in [-0.2, 0) is 4.79 Å². The number of rotatable bonds is 10. The van der Waals surface area contributed by atoms with Gasteiger partial charge in [0.15, 0.2) is 0 Å². The molecule has 0 aliphatic heterocycles. The van der Waals surface area contributed by atoms with Crippen molar-refractivity contribution in [3.63, 3.8) is 0 Å². The molecule has 122 valence electrons. The molecule has 0 bridgehead atoms. The van der Waals surface area contributed by atoms with Crippen molar-refractivity contribution in [1.29, 1.82) is 0 Å². The molecule has 2 N–H and O–H groups in total. The van der Waals surface area contributed by atoms with Gasteiger partial charge in [0.1, 0.15) is 5.82 Å². The molecule has 0 saturated heterocycles. The third-order valence-corrected chi connectivity index (χ3v) is 3.36. The van der Waals surface area contributed by atoms with E-state index in [2.05, 4.69) is 17.6 Å². The quantitative estimate of drug-likeness (QED) is 0.653. The highest BCUT2D eigenvalue weighted by Gasteiger charge is 2.09. The summed E-state index contributed by atoms with van der Waals surface area (Å²) >= 11 is 0. The molecule has 0 aliphatic rings. The lowest BCUT2D eigenvalue weighted by Crippen LogP contribution is -2.34. The molecule has 0 spiro atoms. The van der Waals surface area contributed by atoms with Gasteiger partial charge in [0, 0.05) is 19.5 Å². The van der Waals surface area contributed by atoms with Gasteiger partial charge in [0.25, 0.3) is 5.91 Å². The first-order chi connectivity index (χ1) is 10.6. The van der Waals surface area contributed by atoms with Gasteiger partial charge in [-0.25, -0.2) is 4.39 Å². The molecule has 0 aromatic heterocycles. The Morgan fingerprint density at radius 3 is 2.41 bits per heavy atom. The Labute approximate surface area is 131 Å². The summed E-state index contributed by atoms with van der Waals surface area (Å²) in [4.78, 5) is 23.3. The Morgan fingerprint density at radius 2 is 1.68 bits per heavy atom. The molecule has 1 aromatic carbocycles. The Morgan fingerprint density at radius 1 is 1.00 bits per heavy atom. The van der Waals surface area contributed by atoms with E-state index in [-0.39, 0.29) is 18.0 Å². The van der Waals surface area contributed by atoms with Crippen molar-refractivity contribution in [3.8, 4) is 0 Å². The molecule has 4 nitrogen and oxygen atoms in total. The lowest BCUT2D eigenvalue weighted by atomic mass is 10.1. The van der Waals surface area contributed by atoms with Crippen molar-refractivity contribution >= 4 is 11.8 Å². The van der Waals surface area contributed by atoms with Gasteiger partial charge in [-0.05, 0) is 18.6 Å². The van der Waals surface area contributed by atoms with Crippen LogP contribution in [0.3, 0.4) is 0 Å². The van der Waals surface area contributed by atoms with Crippen molar-refractivity contribution in [2.45, 2.75) is 45.4 Å². The lowest BCUT2D eigenvalue weighted by molar-refractivity contribution is -0.121. The molecular formula is C17H25FN2O2. The first-order valence-electron chi connectivity index (χ1n) is 7.94. The number of hydrogen-bond acceptors (Lipinski definition) is 2. The van der Waals surface area contributed by atoms with Gasteiger partial charge in [0.05, 0.1) is 5.56 Å². The van der Waals surface area contributed by atoms with Crippen LogP contribution in [0.5, 0.6) is 0 Å². The second-order valence-electron chi connectivity index (χ2n) is 5.25. The number of unbranched alkanes of at least 4 members (excludes halogenated alkanes) is 4. The first-order valence-corrected chi connectivity index (χ1v) is 7.94. The summed E-state index contributed by atoms with van der Waals surface area (Å²) in [6.07, 6.45) is 6.06. The molecule has 0 radical (unpaired) electrons. The zero-order chi connectivity index (χ0) is 16.2. The summed E-state index contributed by atoms with van der Waals surface area (Å²) in [6, 6.07) is 5.82. The van der Waals surface area contributed by atoms with Crippen LogP contribution in [0.15, 0.2) is 24.3 Å². The maximum Gasteiger partial charge on any atom is 0.254 e. The number of hydrogen-bond donors (Lipinski definition) is 2. The van der Waals surface area contributed by atoms with Gasteiger partial charge in [-0.15, -0.1) is 0 Å². The molecule has 1 aromatic rings. The Kier molecular flexibility index (Phi) is 8.88. The summed E-state index contributed by atoms with van der Waals surface area (Å²) in [5.41, 5.74) is 0.0183. The molecule has 2 amide bonds. The normalized spacial score (nSPS) is 10.3. The van der Waals surface area contributed by atoms with Crippen LogP contribution >= 0.6 is 0 Å². The molecule has 0 heterocycles. The van der Waals surface area contributed by atoms with Crippen LogP contribution in [0, 0.1) is 5.82 Å². The zero-order valence-corrected chi connectivity index (χ0v) is 13.2. The second-order valence-corrected chi connectivity index (χ2v) is 5.25. The first kappa shape index (κ1) is 18.1. The fraction of sp³-hybridized carbons (Fsp3) is 0.529. The van der Waals surface area contributed by atoms with E-state index in [1.54, 1.807) is 6.07 Å². The van der Waals surface area contributed by atoms with Crippen molar-refractivity contribution in [3.05, 3.63) is 35.6 Å². The number of carbonyl (C=O) groups excluding carboxylic acids is 2. The van der Waals surface area contributed by atoms with Gasteiger partial charge in [-0.1, -0.05) is 44.7 Å². The maximum absolute atomic E-state index is 13.4.